The molecule has 1 aliphatic rings. The topological polar surface area (TPSA) is 42.2 Å². The Labute approximate surface area is 107 Å². The monoisotopic (exact) mass is 261 g/mol. The molecule has 1 unspecified atom stereocenters. The summed E-state index contributed by atoms with van der Waals surface area (Å²) in [4.78, 5) is 7.06. The van der Waals surface area contributed by atoms with Crippen molar-refractivity contribution in [2.24, 2.45) is 5.73 Å². The summed E-state index contributed by atoms with van der Waals surface area (Å²) >= 11 is 1.77. The van der Waals surface area contributed by atoms with Crippen molar-refractivity contribution in [3.63, 3.8) is 0 Å². The van der Waals surface area contributed by atoms with Crippen molar-refractivity contribution in [2.75, 3.05) is 13.1 Å². The molecule has 2 N–H and O–H groups in total. The minimum Gasteiger partial charge on any atom is -0.329 e. The van der Waals surface area contributed by atoms with Gasteiger partial charge in [0.1, 0.15) is 0 Å². The fraction of sp³-hybridized carbons (Fsp3) is 0.727. The lowest BCUT2D eigenvalue weighted by atomic mass is 10.2. The van der Waals surface area contributed by atoms with E-state index in [-0.39, 0.29) is 12.4 Å². The van der Waals surface area contributed by atoms with E-state index < -0.39 is 0 Å². The number of halogens is 1. The second kappa shape index (κ2) is 6.55. The highest BCUT2D eigenvalue weighted by atomic mass is 35.5. The van der Waals surface area contributed by atoms with Gasteiger partial charge in [-0.25, -0.2) is 4.98 Å². The van der Waals surface area contributed by atoms with Gasteiger partial charge in [-0.1, -0.05) is 6.92 Å². The Hall–Kier alpha value is -0.160. The van der Waals surface area contributed by atoms with Crippen LogP contribution in [0.15, 0.2) is 5.38 Å². The number of hydrogen-bond acceptors (Lipinski definition) is 4. The average Bonchev–Trinajstić information content (AvgIpc) is 2.87. The first kappa shape index (κ1) is 13.9. The van der Waals surface area contributed by atoms with Crippen LogP contribution >= 0.6 is 23.7 Å². The second-order valence-corrected chi connectivity index (χ2v) is 5.03. The van der Waals surface area contributed by atoms with E-state index in [1.165, 1.54) is 30.1 Å². The van der Waals surface area contributed by atoms with E-state index in [4.69, 9.17) is 5.73 Å². The van der Waals surface area contributed by atoms with E-state index in [9.17, 15) is 0 Å². The van der Waals surface area contributed by atoms with Crippen LogP contribution in [0, 0.1) is 0 Å². The lowest BCUT2D eigenvalue weighted by molar-refractivity contribution is 0.247. The van der Waals surface area contributed by atoms with Crippen LogP contribution in [0.1, 0.15) is 30.5 Å². The molecule has 0 aliphatic carbocycles. The number of likely N-dealkylation sites (tertiary alicyclic amines) is 1. The van der Waals surface area contributed by atoms with Gasteiger partial charge in [0.05, 0.1) is 10.7 Å². The summed E-state index contributed by atoms with van der Waals surface area (Å²) in [6.45, 7) is 5.10. The number of aromatic nitrogens is 1. The van der Waals surface area contributed by atoms with Crippen LogP contribution in [-0.4, -0.2) is 29.0 Å². The number of thiazole rings is 1. The van der Waals surface area contributed by atoms with E-state index in [1.54, 1.807) is 11.3 Å². The molecule has 0 amide bonds. The van der Waals surface area contributed by atoms with Crippen molar-refractivity contribution in [1.82, 2.24) is 9.88 Å². The molecule has 2 rings (SSSR count). The first-order valence-electron chi connectivity index (χ1n) is 5.71. The second-order valence-electron chi connectivity index (χ2n) is 4.09. The third-order valence-corrected chi connectivity index (χ3v) is 4.08. The third kappa shape index (κ3) is 3.17. The zero-order valence-corrected chi connectivity index (χ0v) is 11.3. The van der Waals surface area contributed by atoms with Crippen LogP contribution in [0.2, 0.25) is 0 Å². The standard InChI is InChI=1S/C11H19N3S.ClH/c1-2-11-13-9(8-15-11)7-14-5-3-4-10(14)6-12;/h8,10H,2-7,12H2,1H3;1H. The molecule has 92 valence electrons. The summed E-state index contributed by atoms with van der Waals surface area (Å²) in [7, 11) is 0. The van der Waals surface area contributed by atoms with Crippen molar-refractivity contribution < 1.29 is 0 Å². The predicted molar refractivity (Wildman–Crippen MR) is 71.2 cm³/mol. The van der Waals surface area contributed by atoms with E-state index in [1.807, 2.05) is 0 Å². The van der Waals surface area contributed by atoms with E-state index in [2.05, 4.69) is 22.2 Å². The van der Waals surface area contributed by atoms with Crippen LogP contribution in [-0.2, 0) is 13.0 Å². The van der Waals surface area contributed by atoms with Crippen LogP contribution in [0.25, 0.3) is 0 Å². The van der Waals surface area contributed by atoms with Crippen LogP contribution in [0.4, 0.5) is 0 Å². The Morgan fingerprint density at radius 1 is 1.62 bits per heavy atom. The number of nitrogens with two attached hydrogens (primary N) is 1. The van der Waals surface area contributed by atoms with Crippen LogP contribution in [0.5, 0.6) is 0 Å². The Bertz CT molecular complexity index is 316. The van der Waals surface area contributed by atoms with Gasteiger partial charge in [-0.05, 0) is 25.8 Å². The van der Waals surface area contributed by atoms with Crippen LogP contribution in [0.3, 0.4) is 0 Å². The molecule has 1 saturated heterocycles. The molecule has 1 atom stereocenters. The van der Waals surface area contributed by atoms with Crippen molar-refractivity contribution >= 4 is 23.7 Å². The van der Waals surface area contributed by atoms with Crippen molar-refractivity contribution in [3.05, 3.63) is 16.1 Å². The molecule has 3 nitrogen and oxygen atoms in total. The summed E-state index contributed by atoms with van der Waals surface area (Å²) in [6, 6.07) is 0.580. The fourth-order valence-electron chi connectivity index (χ4n) is 2.16. The lowest BCUT2D eigenvalue weighted by Gasteiger charge is -2.21. The van der Waals surface area contributed by atoms with E-state index in [0.29, 0.717) is 6.04 Å². The average molecular weight is 262 g/mol. The van der Waals surface area contributed by atoms with Gasteiger partial charge < -0.3 is 5.73 Å². The SMILES string of the molecule is CCc1nc(CN2CCCC2CN)cs1.Cl. The van der Waals surface area contributed by atoms with Gasteiger partial charge >= 0.3 is 0 Å². The van der Waals surface area contributed by atoms with E-state index in [0.717, 1.165) is 19.5 Å². The molecule has 0 aromatic carbocycles. The molecule has 0 saturated carbocycles. The maximum absolute atomic E-state index is 5.75. The summed E-state index contributed by atoms with van der Waals surface area (Å²) in [5.74, 6) is 0. The summed E-state index contributed by atoms with van der Waals surface area (Å²) in [6.07, 6.45) is 3.58. The Kier molecular flexibility index (Phi) is 5.69. The molecule has 0 bridgehead atoms. The molecule has 1 fully saturated rings. The zero-order chi connectivity index (χ0) is 10.7. The third-order valence-electron chi connectivity index (χ3n) is 3.04. The van der Waals surface area contributed by atoms with Crippen molar-refractivity contribution in [3.8, 4) is 0 Å². The van der Waals surface area contributed by atoms with Gasteiger partial charge in [-0.3, -0.25) is 4.90 Å². The Balaban J connectivity index is 0.00000128. The largest absolute Gasteiger partial charge is 0.329 e. The minimum atomic E-state index is 0. The maximum atomic E-state index is 5.75. The Morgan fingerprint density at radius 3 is 3.06 bits per heavy atom. The summed E-state index contributed by atoms with van der Waals surface area (Å²) < 4.78 is 0. The normalized spacial score (nSPS) is 21.0. The van der Waals surface area contributed by atoms with Crippen LogP contribution < -0.4 is 5.73 Å². The number of nitrogens with zero attached hydrogens (tertiary/aromatic N) is 2. The number of aryl methyl sites for hydroxylation is 1. The zero-order valence-electron chi connectivity index (χ0n) is 9.69. The highest BCUT2D eigenvalue weighted by molar-refractivity contribution is 7.09. The van der Waals surface area contributed by atoms with Gasteiger partial charge in [-0.15, -0.1) is 23.7 Å². The van der Waals surface area contributed by atoms with E-state index >= 15 is 0 Å². The molecule has 1 aliphatic heterocycles. The predicted octanol–water partition coefficient (Wildman–Crippen LogP) is 2.05. The molecule has 5 heteroatoms. The Morgan fingerprint density at radius 2 is 2.44 bits per heavy atom. The molecular weight excluding hydrogens is 242 g/mol. The van der Waals surface area contributed by atoms with Crippen molar-refractivity contribution in [2.45, 2.75) is 38.8 Å². The molecular formula is C11H20ClN3S. The minimum absolute atomic E-state index is 0. The molecule has 16 heavy (non-hydrogen) atoms. The first-order chi connectivity index (χ1) is 7.33. The first-order valence-corrected chi connectivity index (χ1v) is 6.58. The van der Waals surface area contributed by atoms with Gasteiger partial charge in [-0.2, -0.15) is 0 Å². The quantitative estimate of drug-likeness (QED) is 0.902. The molecule has 2 heterocycles. The maximum Gasteiger partial charge on any atom is 0.0926 e. The lowest BCUT2D eigenvalue weighted by Crippen LogP contribution is -2.34. The van der Waals surface area contributed by atoms with Gasteiger partial charge in [0.25, 0.3) is 0 Å². The highest BCUT2D eigenvalue weighted by Gasteiger charge is 2.23. The molecule has 0 spiro atoms. The molecule has 0 radical (unpaired) electrons. The fourth-order valence-corrected chi connectivity index (χ4v) is 2.90. The number of rotatable bonds is 4. The number of hydrogen-bond donors (Lipinski definition) is 1. The van der Waals surface area contributed by atoms with Gasteiger partial charge in [0.2, 0.25) is 0 Å². The smallest absolute Gasteiger partial charge is 0.0926 e. The van der Waals surface area contributed by atoms with Crippen molar-refractivity contribution in [1.29, 1.82) is 0 Å². The van der Waals surface area contributed by atoms with Gasteiger partial charge in [0, 0.05) is 24.5 Å². The highest BCUT2D eigenvalue weighted by Crippen LogP contribution is 2.20. The summed E-state index contributed by atoms with van der Waals surface area (Å²) in [5.41, 5.74) is 6.97. The molecule has 1 aromatic heterocycles. The van der Waals surface area contributed by atoms with Gasteiger partial charge in [0.15, 0.2) is 0 Å². The summed E-state index contributed by atoms with van der Waals surface area (Å²) in [5, 5.41) is 3.43. The molecule has 1 aromatic rings.